The summed E-state index contributed by atoms with van der Waals surface area (Å²) in [7, 11) is 0. The van der Waals surface area contributed by atoms with Crippen LogP contribution in [0.3, 0.4) is 0 Å². The molecule has 0 radical (unpaired) electrons. The molecule has 162 valence electrons. The summed E-state index contributed by atoms with van der Waals surface area (Å²) in [4.78, 5) is 25.2. The zero-order valence-electron chi connectivity index (χ0n) is 16.8. The Morgan fingerprint density at radius 2 is 1.53 bits per heavy atom. The molecule has 12 heteroatoms. The van der Waals surface area contributed by atoms with E-state index in [0.717, 1.165) is 0 Å². The van der Waals surface area contributed by atoms with E-state index in [9.17, 15) is 8.78 Å². The molecule has 0 aliphatic carbocycles. The van der Waals surface area contributed by atoms with E-state index in [1.54, 1.807) is 0 Å². The Hall–Kier alpha value is -2.73. The molecule has 4 rings (SSSR count). The van der Waals surface area contributed by atoms with Crippen LogP contribution < -0.4 is 15.5 Å². The van der Waals surface area contributed by atoms with Crippen LogP contribution >= 0.6 is 0 Å². The first-order valence-electron chi connectivity index (χ1n) is 9.80. The predicted octanol–water partition coefficient (Wildman–Crippen LogP) is 1.30. The highest BCUT2D eigenvalue weighted by molar-refractivity contribution is 5.61. The van der Waals surface area contributed by atoms with Crippen molar-refractivity contribution in [2.24, 2.45) is 0 Å². The van der Waals surface area contributed by atoms with Crippen molar-refractivity contribution >= 4 is 17.8 Å². The van der Waals surface area contributed by atoms with Crippen LogP contribution in [-0.2, 0) is 9.47 Å². The summed E-state index contributed by atoms with van der Waals surface area (Å²) >= 11 is 0. The Morgan fingerprint density at radius 1 is 0.967 bits per heavy atom. The lowest BCUT2D eigenvalue weighted by Gasteiger charge is -2.36. The fourth-order valence-electron chi connectivity index (χ4n) is 3.53. The third kappa shape index (κ3) is 4.10. The maximum atomic E-state index is 13.7. The van der Waals surface area contributed by atoms with Crippen LogP contribution in [0, 0.1) is 0 Å². The van der Waals surface area contributed by atoms with Gasteiger partial charge >= 0.3 is 0 Å². The van der Waals surface area contributed by atoms with Gasteiger partial charge in [0.25, 0.3) is 6.43 Å². The number of halogens is 2. The molecule has 2 aromatic rings. The molecule has 0 amide bonds. The van der Waals surface area contributed by atoms with Crippen molar-refractivity contribution in [1.29, 1.82) is 0 Å². The van der Waals surface area contributed by atoms with Crippen LogP contribution in [0.15, 0.2) is 6.20 Å². The van der Waals surface area contributed by atoms with Gasteiger partial charge in [0.2, 0.25) is 17.8 Å². The summed E-state index contributed by atoms with van der Waals surface area (Å²) in [6, 6.07) is 0.0578. The first kappa shape index (κ1) is 20.5. The fourth-order valence-corrected chi connectivity index (χ4v) is 3.53. The monoisotopic (exact) mass is 422 g/mol. The van der Waals surface area contributed by atoms with Gasteiger partial charge in [-0.05, 0) is 13.8 Å². The molecule has 2 N–H and O–H groups in total. The molecule has 0 aromatic carbocycles. The number of anilines is 3. The number of rotatable bonds is 4. The number of nitrogen functional groups attached to an aromatic ring is 1. The third-order valence-corrected chi connectivity index (χ3v) is 5.15. The van der Waals surface area contributed by atoms with Crippen LogP contribution in [0.25, 0.3) is 11.4 Å². The fraction of sp³-hybridized carbons (Fsp3) is 0.611. The number of alkyl halides is 2. The second-order valence-corrected chi connectivity index (χ2v) is 7.32. The Balaban J connectivity index is 1.84. The molecule has 2 fully saturated rings. The lowest BCUT2D eigenvalue weighted by atomic mass is 10.2. The maximum absolute atomic E-state index is 13.7. The predicted molar refractivity (Wildman–Crippen MR) is 105 cm³/mol. The summed E-state index contributed by atoms with van der Waals surface area (Å²) in [5, 5.41) is 0. The Bertz CT molecular complexity index is 862. The van der Waals surface area contributed by atoms with E-state index in [2.05, 4.69) is 24.9 Å². The largest absolute Gasteiger partial charge is 0.377 e. The second kappa shape index (κ2) is 8.56. The molecular weight excluding hydrogens is 398 g/mol. The number of ether oxygens (including phenoxy) is 2. The molecule has 2 unspecified atom stereocenters. The summed E-state index contributed by atoms with van der Waals surface area (Å²) in [5.41, 5.74) is 5.05. The van der Waals surface area contributed by atoms with Crippen molar-refractivity contribution in [3.63, 3.8) is 0 Å². The number of nitrogens with two attached hydrogens (primary N) is 1. The van der Waals surface area contributed by atoms with E-state index in [4.69, 9.17) is 15.2 Å². The highest BCUT2D eigenvalue weighted by Crippen LogP contribution is 2.30. The highest BCUT2D eigenvalue weighted by atomic mass is 19.3. The molecule has 2 saturated heterocycles. The van der Waals surface area contributed by atoms with Gasteiger partial charge in [-0.1, -0.05) is 0 Å². The average molecular weight is 422 g/mol. The summed E-state index contributed by atoms with van der Waals surface area (Å²) in [6.45, 7) is 7.28. The number of hydrogen-bond acceptors (Lipinski definition) is 10. The van der Waals surface area contributed by atoms with Crippen molar-refractivity contribution in [3.05, 3.63) is 11.9 Å². The first-order chi connectivity index (χ1) is 14.4. The molecule has 0 spiro atoms. The average Bonchev–Trinajstić information content (AvgIpc) is 2.74. The molecule has 0 bridgehead atoms. The molecule has 10 nitrogen and oxygen atoms in total. The molecular formula is C18H24F2N8O2. The van der Waals surface area contributed by atoms with Crippen molar-refractivity contribution in [1.82, 2.24) is 24.9 Å². The summed E-state index contributed by atoms with van der Waals surface area (Å²) < 4.78 is 38.3. The normalized spacial score (nSPS) is 22.6. The number of aromatic nitrogens is 5. The van der Waals surface area contributed by atoms with Gasteiger partial charge in [0.1, 0.15) is 5.69 Å². The quantitative estimate of drug-likeness (QED) is 0.773. The SMILES string of the molecule is CC1COCCN1c1nc(-c2cnc(N)nc2C(F)F)nc(N2CCOCC2C)n1. The molecule has 0 saturated carbocycles. The van der Waals surface area contributed by atoms with E-state index in [1.807, 2.05) is 23.6 Å². The Morgan fingerprint density at radius 3 is 2.03 bits per heavy atom. The van der Waals surface area contributed by atoms with Gasteiger partial charge in [-0.2, -0.15) is 15.0 Å². The standard InChI is InChI=1S/C18H24F2N8O2/c1-10-8-29-5-3-27(10)17-24-15(12-7-22-16(21)23-13(12)14(19)20)25-18(26-17)28-4-6-30-9-11(28)2/h7,10-11,14H,3-6,8-9H2,1-2H3,(H2,21,22,23). The van der Waals surface area contributed by atoms with Crippen molar-refractivity contribution < 1.29 is 18.3 Å². The highest BCUT2D eigenvalue weighted by Gasteiger charge is 2.28. The minimum atomic E-state index is -2.85. The zero-order valence-corrected chi connectivity index (χ0v) is 16.8. The van der Waals surface area contributed by atoms with Crippen LogP contribution in [0.2, 0.25) is 0 Å². The lowest BCUT2D eigenvalue weighted by molar-refractivity contribution is 0.0969. The second-order valence-electron chi connectivity index (χ2n) is 7.32. The van der Waals surface area contributed by atoms with Crippen LogP contribution in [-0.4, -0.2) is 76.5 Å². The third-order valence-electron chi connectivity index (χ3n) is 5.15. The van der Waals surface area contributed by atoms with E-state index < -0.39 is 12.1 Å². The minimum absolute atomic E-state index is 0.0289. The lowest BCUT2D eigenvalue weighted by Crippen LogP contribution is -2.46. The maximum Gasteiger partial charge on any atom is 0.281 e. The summed E-state index contributed by atoms with van der Waals surface area (Å²) in [5.74, 6) is 0.665. The van der Waals surface area contributed by atoms with Crippen molar-refractivity contribution in [2.45, 2.75) is 32.4 Å². The number of morpholine rings is 2. The van der Waals surface area contributed by atoms with E-state index in [0.29, 0.717) is 51.4 Å². The van der Waals surface area contributed by atoms with Gasteiger partial charge in [-0.25, -0.2) is 18.7 Å². The molecule has 2 aromatic heterocycles. The molecule has 2 aliphatic rings. The van der Waals surface area contributed by atoms with E-state index in [-0.39, 0.29) is 29.4 Å². The van der Waals surface area contributed by atoms with E-state index in [1.165, 1.54) is 6.20 Å². The van der Waals surface area contributed by atoms with Crippen LogP contribution in [0.5, 0.6) is 0 Å². The summed E-state index contributed by atoms with van der Waals surface area (Å²) in [6.07, 6.45) is -1.61. The van der Waals surface area contributed by atoms with Crippen molar-refractivity contribution in [3.8, 4) is 11.4 Å². The first-order valence-corrected chi connectivity index (χ1v) is 9.80. The van der Waals surface area contributed by atoms with Gasteiger partial charge in [0, 0.05) is 19.3 Å². The molecule has 2 aliphatic heterocycles. The topological polar surface area (TPSA) is 115 Å². The van der Waals surface area contributed by atoms with Gasteiger partial charge in [0.15, 0.2) is 5.82 Å². The number of nitrogens with zero attached hydrogens (tertiary/aromatic N) is 7. The minimum Gasteiger partial charge on any atom is -0.377 e. The van der Waals surface area contributed by atoms with Gasteiger partial charge < -0.3 is 25.0 Å². The molecule has 4 heterocycles. The van der Waals surface area contributed by atoms with Gasteiger partial charge in [-0.3, -0.25) is 0 Å². The molecule has 30 heavy (non-hydrogen) atoms. The Kier molecular flexibility index (Phi) is 5.86. The van der Waals surface area contributed by atoms with Crippen LogP contribution in [0.4, 0.5) is 26.6 Å². The van der Waals surface area contributed by atoms with Crippen LogP contribution in [0.1, 0.15) is 26.0 Å². The number of hydrogen-bond donors (Lipinski definition) is 1. The Labute approximate surface area is 172 Å². The van der Waals surface area contributed by atoms with Crippen molar-refractivity contribution in [2.75, 3.05) is 55.1 Å². The van der Waals surface area contributed by atoms with Gasteiger partial charge in [-0.15, -0.1) is 0 Å². The van der Waals surface area contributed by atoms with Gasteiger partial charge in [0.05, 0.1) is 44.1 Å². The van der Waals surface area contributed by atoms with E-state index >= 15 is 0 Å². The molecule has 2 atom stereocenters. The smallest absolute Gasteiger partial charge is 0.281 e. The zero-order chi connectivity index (χ0) is 21.3.